The van der Waals surface area contributed by atoms with Crippen molar-refractivity contribution in [3.05, 3.63) is 34.9 Å². The molecule has 206 valence electrons. The van der Waals surface area contributed by atoms with Gasteiger partial charge in [-0.15, -0.1) is 0 Å². The van der Waals surface area contributed by atoms with Crippen LogP contribution in [-0.2, 0) is 29.8 Å². The first-order valence-corrected chi connectivity index (χ1v) is 11.6. The van der Waals surface area contributed by atoms with Crippen LogP contribution in [0.2, 0.25) is 5.02 Å². The van der Waals surface area contributed by atoms with Crippen LogP contribution in [0.1, 0.15) is 32.3 Å². The molecule has 1 aliphatic rings. The highest BCUT2D eigenvalue weighted by Gasteiger charge is 2.47. The van der Waals surface area contributed by atoms with E-state index in [2.05, 4.69) is 5.32 Å². The molecule has 14 heteroatoms. The van der Waals surface area contributed by atoms with Crippen molar-refractivity contribution in [2.75, 3.05) is 20.3 Å². The van der Waals surface area contributed by atoms with Gasteiger partial charge in [0.15, 0.2) is 0 Å². The van der Waals surface area contributed by atoms with Gasteiger partial charge in [0.05, 0.1) is 12.6 Å². The van der Waals surface area contributed by atoms with E-state index < -0.39 is 71.8 Å². The molecule has 1 fully saturated rings. The number of Topliss-reactive ketones (excluding diaryl/α,β-unsaturated/α-hetero) is 1. The second kappa shape index (κ2) is 12.2. The van der Waals surface area contributed by atoms with E-state index >= 15 is 0 Å². The molecular formula is C23H27ClF5N3O5. The van der Waals surface area contributed by atoms with Crippen LogP contribution in [0.5, 0.6) is 0 Å². The Kier molecular flexibility index (Phi) is 10.0. The number of hydrogen-bond donors (Lipinski definition) is 2. The molecule has 2 rings (SSSR count). The molecule has 37 heavy (non-hydrogen) atoms. The van der Waals surface area contributed by atoms with Crippen molar-refractivity contribution in [2.45, 2.75) is 56.9 Å². The van der Waals surface area contributed by atoms with Gasteiger partial charge in [-0.25, -0.2) is 0 Å². The number of amides is 3. The summed E-state index contributed by atoms with van der Waals surface area (Å²) in [4.78, 5) is 51.1. The smallest absolute Gasteiger partial charge is 0.382 e. The lowest BCUT2D eigenvalue weighted by Gasteiger charge is -2.31. The Labute approximate surface area is 214 Å². The van der Waals surface area contributed by atoms with Gasteiger partial charge in [-0.1, -0.05) is 37.6 Å². The number of ketones is 1. The van der Waals surface area contributed by atoms with Crippen molar-refractivity contribution in [3.8, 4) is 0 Å². The maximum Gasteiger partial charge on any atom is 0.452 e. The number of ether oxygens (including phenoxy) is 1. The van der Waals surface area contributed by atoms with Crippen LogP contribution in [0, 0.1) is 5.92 Å². The summed E-state index contributed by atoms with van der Waals surface area (Å²) in [7, 11) is 1.16. The van der Waals surface area contributed by atoms with Gasteiger partial charge in [-0.3, -0.25) is 19.2 Å². The number of likely N-dealkylation sites (tertiary alicyclic amines) is 1. The number of nitrogens with zero attached hydrogens (tertiary/aromatic N) is 1. The minimum absolute atomic E-state index is 0.0305. The summed E-state index contributed by atoms with van der Waals surface area (Å²) < 4.78 is 73.2. The first-order chi connectivity index (χ1) is 17.1. The third-order valence-corrected chi connectivity index (χ3v) is 6.01. The van der Waals surface area contributed by atoms with Crippen molar-refractivity contribution < 1.29 is 45.9 Å². The van der Waals surface area contributed by atoms with E-state index in [0.29, 0.717) is 0 Å². The maximum atomic E-state index is 14.7. The summed E-state index contributed by atoms with van der Waals surface area (Å²) in [6.45, 7) is 2.08. The molecule has 0 aromatic heterocycles. The van der Waals surface area contributed by atoms with Gasteiger partial charge >= 0.3 is 12.1 Å². The van der Waals surface area contributed by atoms with E-state index in [1.807, 2.05) is 5.32 Å². The molecule has 0 radical (unpaired) electrons. The number of benzene rings is 1. The van der Waals surface area contributed by atoms with Crippen LogP contribution >= 0.6 is 11.6 Å². The largest absolute Gasteiger partial charge is 0.452 e. The molecule has 1 aliphatic heterocycles. The minimum Gasteiger partial charge on any atom is -0.382 e. The fourth-order valence-corrected chi connectivity index (χ4v) is 4.06. The third-order valence-electron chi connectivity index (χ3n) is 5.77. The molecule has 2 unspecified atom stereocenters. The normalized spacial score (nSPS) is 17.9. The topological polar surface area (TPSA) is 105 Å². The molecule has 1 aromatic carbocycles. The lowest BCUT2D eigenvalue weighted by Crippen LogP contribution is -2.58. The molecule has 1 heterocycles. The van der Waals surface area contributed by atoms with Crippen LogP contribution in [0.4, 0.5) is 22.0 Å². The van der Waals surface area contributed by atoms with Gasteiger partial charge in [-0.2, -0.15) is 22.0 Å². The lowest BCUT2D eigenvalue weighted by atomic mass is 9.98. The number of nitrogens with one attached hydrogen (secondary N) is 2. The lowest BCUT2D eigenvalue weighted by molar-refractivity contribution is -0.175. The number of hydrogen-bond acceptors (Lipinski definition) is 5. The maximum absolute atomic E-state index is 14.7. The predicted molar refractivity (Wildman–Crippen MR) is 122 cm³/mol. The zero-order chi connectivity index (χ0) is 28.1. The van der Waals surface area contributed by atoms with Crippen molar-refractivity contribution in [1.82, 2.24) is 15.5 Å². The molecule has 0 aliphatic carbocycles. The number of rotatable bonds is 10. The molecular weight excluding hydrogens is 529 g/mol. The molecule has 1 aromatic rings. The van der Waals surface area contributed by atoms with Crippen LogP contribution in [-0.4, -0.2) is 73.0 Å². The molecule has 0 bridgehead atoms. The minimum atomic E-state index is -5.19. The number of carbonyl (C=O) groups is 4. The summed E-state index contributed by atoms with van der Waals surface area (Å²) in [5.41, 5.74) is -0.714. The van der Waals surface area contributed by atoms with E-state index in [-0.39, 0.29) is 24.4 Å². The SMILES string of the molecule is COC[C@H](NC(=O)C(F)(F)c1cccc(Cl)c1)C(=O)N1CCCC1C(=O)NC(C(=O)C(F)(F)F)C(C)C. The van der Waals surface area contributed by atoms with Crippen molar-refractivity contribution >= 4 is 35.1 Å². The highest BCUT2D eigenvalue weighted by atomic mass is 35.5. The zero-order valence-corrected chi connectivity index (χ0v) is 21.0. The molecule has 8 nitrogen and oxygen atoms in total. The quantitative estimate of drug-likeness (QED) is 0.432. The molecule has 0 saturated carbocycles. The van der Waals surface area contributed by atoms with Gasteiger partial charge in [0.2, 0.25) is 11.8 Å². The van der Waals surface area contributed by atoms with E-state index in [4.69, 9.17) is 16.3 Å². The van der Waals surface area contributed by atoms with Gasteiger partial charge in [0.1, 0.15) is 12.1 Å². The van der Waals surface area contributed by atoms with E-state index in [0.717, 1.165) is 24.1 Å². The Morgan fingerprint density at radius 2 is 1.78 bits per heavy atom. The average Bonchev–Trinajstić information content (AvgIpc) is 3.30. The Balaban J connectivity index is 2.20. The van der Waals surface area contributed by atoms with Gasteiger partial charge < -0.3 is 20.3 Å². The Bertz CT molecular complexity index is 1020. The fourth-order valence-electron chi connectivity index (χ4n) is 3.87. The van der Waals surface area contributed by atoms with Gasteiger partial charge in [0, 0.05) is 24.2 Å². The highest BCUT2D eigenvalue weighted by molar-refractivity contribution is 6.30. The first kappa shape index (κ1) is 30.4. The first-order valence-electron chi connectivity index (χ1n) is 11.3. The Hall–Kier alpha value is -2.80. The monoisotopic (exact) mass is 555 g/mol. The second-order valence-electron chi connectivity index (χ2n) is 8.85. The predicted octanol–water partition coefficient (Wildman–Crippen LogP) is 2.83. The van der Waals surface area contributed by atoms with Crippen molar-refractivity contribution in [1.29, 1.82) is 0 Å². The Morgan fingerprint density at radius 1 is 1.14 bits per heavy atom. The number of halogens is 6. The third kappa shape index (κ3) is 7.37. The summed E-state index contributed by atoms with van der Waals surface area (Å²) in [5, 5.41) is 3.95. The zero-order valence-electron chi connectivity index (χ0n) is 20.2. The van der Waals surface area contributed by atoms with Crippen LogP contribution in [0.25, 0.3) is 0 Å². The van der Waals surface area contributed by atoms with Crippen molar-refractivity contribution in [3.63, 3.8) is 0 Å². The van der Waals surface area contributed by atoms with Crippen LogP contribution in [0.15, 0.2) is 24.3 Å². The summed E-state index contributed by atoms with van der Waals surface area (Å²) >= 11 is 5.73. The van der Waals surface area contributed by atoms with E-state index in [1.165, 1.54) is 26.0 Å². The van der Waals surface area contributed by atoms with Crippen LogP contribution in [0.3, 0.4) is 0 Å². The highest BCUT2D eigenvalue weighted by Crippen LogP contribution is 2.30. The summed E-state index contributed by atoms with van der Waals surface area (Å²) in [6.07, 6.45) is -4.86. The number of carbonyl (C=O) groups excluding carboxylic acids is 4. The molecule has 0 spiro atoms. The van der Waals surface area contributed by atoms with Gasteiger partial charge in [-0.05, 0) is 30.9 Å². The average molecular weight is 556 g/mol. The molecule has 3 amide bonds. The standard InChI is InChI=1S/C23H27ClF5N3O5/c1-12(2)17(18(33)23(27,28)29)31-19(34)16-8-5-9-32(16)20(35)15(11-37-3)30-21(36)22(25,26)13-6-4-7-14(24)10-13/h4,6-7,10,12,15-17H,5,8-9,11H2,1-3H3,(H,30,36)(H,31,34)/t15-,16?,17?/m0/s1. The Morgan fingerprint density at radius 3 is 2.32 bits per heavy atom. The second-order valence-corrected chi connectivity index (χ2v) is 9.28. The number of methoxy groups -OCH3 is 1. The molecule has 3 atom stereocenters. The number of alkyl halides is 5. The van der Waals surface area contributed by atoms with Crippen LogP contribution < -0.4 is 10.6 Å². The van der Waals surface area contributed by atoms with E-state index in [9.17, 15) is 41.1 Å². The summed E-state index contributed by atoms with van der Waals surface area (Å²) in [5.74, 6) is -10.9. The van der Waals surface area contributed by atoms with E-state index in [1.54, 1.807) is 0 Å². The fraction of sp³-hybridized carbons (Fsp3) is 0.565. The molecule has 1 saturated heterocycles. The molecule has 2 N–H and O–H groups in total. The summed E-state index contributed by atoms with van der Waals surface area (Å²) in [6, 6.07) is -0.363. The van der Waals surface area contributed by atoms with Gasteiger partial charge in [0.25, 0.3) is 11.7 Å². The van der Waals surface area contributed by atoms with Crippen molar-refractivity contribution in [2.24, 2.45) is 5.92 Å².